The van der Waals surface area contributed by atoms with E-state index in [4.69, 9.17) is 27.6 Å². The van der Waals surface area contributed by atoms with Gasteiger partial charge in [-0.2, -0.15) is 0 Å². The third kappa shape index (κ3) is 84.4. The fourth-order valence-corrected chi connectivity index (χ4v) is 15.9. The molecule has 0 saturated carbocycles. The maximum absolute atomic E-state index is 13.4. The summed E-state index contributed by atoms with van der Waals surface area (Å²) in [6.07, 6.45) is 70.2. The van der Waals surface area contributed by atoms with E-state index in [1.165, 1.54) is 244 Å². The van der Waals surface area contributed by atoms with Crippen molar-refractivity contribution >= 4 is 45.4 Å². The number of carbonyl (C=O) groups excluding carboxylic acids is 5. The summed E-state index contributed by atoms with van der Waals surface area (Å²) in [5.74, 6) is -0.781. The van der Waals surface area contributed by atoms with Crippen LogP contribution in [0.4, 0.5) is 4.79 Å². The molecule has 0 aromatic carbocycles. The van der Waals surface area contributed by atoms with Gasteiger partial charge in [0.25, 0.3) is 0 Å². The molecule has 0 aromatic rings. The molecule has 23 heteroatoms. The Labute approximate surface area is 735 Å². The van der Waals surface area contributed by atoms with Gasteiger partial charge in [-0.05, 0) is 64.2 Å². The van der Waals surface area contributed by atoms with E-state index in [-0.39, 0.29) is 112 Å². The zero-order valence-electron chi connectivity index (χ0n) is 76.2. The van der Waals surface area contributed by atoms with Crippen LogP contribution in [0.25, 0.3) is 0 Å². The van der Waals surface area contributed by atoms with Crippen molar-refractivity contribution in [3.05, 3.63) is 0 Å². The van der Waals surface area contributed by atoms with Crippen LogP contribution in [-0.2, 0) is 55.9 Å². The zero-order chi connectivity index (χ0) is 80.6. The first-order chi connectivity index (χ1) is 53.5. The van der Waals surface area contributed by atoms with Crippen molar-refractivity contribution in [3.63, 3.8) is 0 Å². The number of nitrogens with one attached hydrogen (secondary N) is 4. The van der Waals surface area contributed by atoms with E-state index in [9.17, 15) is 42.9 Å². The third-order valence-corrected chi connectivity index (χ3v) is 23.4. The third-order valence-electron chi connectivity index (χ3n) is 21.4. The van der Waals surface area contributed by atoms with Gasteiger partial charge >= 0.3 is 92.7 Å². The molecule has 0 spiro atoms. The smallest absolute Gasteiger partial charge is 1.00 e. The fraction of sp³-hybridized carbons (Fsp3) is 0.944. The molecule has 0 heterocycles. The maximum Gasteiger partial charge on any atom is 1.00 e. The maximum atomic E-state index is 13.4. The molecule has 19 nitrogen and oxygen atoms in total. The average Bonchev–Trinajstić information content (AvgIpc) is 0.903. The van der Waals surface area contributed by atoms with Gasteiger partial charge in [0.05, 0.1) is 26.4 Å². The molecule has 0 rings (SSSR count). The first-order valence-electron chi connectivity index (χ1n) is 46.8. The van der Waals surface area contributed by atoms with Gasteiger partial charge in [-0.15, -0.1) is 0 Å². The number of hydrogen-bond donors (Lipinski definition) is 6. The molecule has 0 bridgehead atoms. The van der Waals surface area contributed by atoms with Crippen LogP contribution in [0.3, 0.4) is 0 Å². The molecule has 0 radical (unpaired) electrons. The van der Waals surface area contributed by atoms with Gasteiger partial charge < -0.3 is 43.4 Å². The van der Waals surface area contributed by atoms with Gasteiger partial charge in [-0.3, -0.25) is 37.3 Å². The number of ether oxygens (including phenoxy) is 2. The first kappa shape index (κ1) is 116. The van der Waals surface area contributed by atoms with Crippen LogP contribution in [-0.4, -0.2) is 103 Å². The quantitative estimate of drug-likeness (QED) is 0.0143. The van der Waals surface area contributed by atoms with Crippen LogP contribution in [0.1, 0.15) is 481 Å². The second kappa shape index (κ2) is 88.2. The molecular weight excluding hydrogens is 1470 g/mol. The molecule has 0 fully saturated rings. The second-order valence-electron chi connectivity index (χ2n) is 32.2. The summed E-state index contributed by atoms with van der Waals surface area (Å²) in [5, 5.41) is 11.7. The van der Waals surface area contributed by atoms with E-state index >= 15 is 0 Å². The van der Waals surface area contributed by atoms with Crippen molar-refractivity contribution in [1.29, 1.82) is 0 Å². The van der Waals surface area contributed by atoms with Crippen LogP contribution in [0.5, 0.6) is 0 Å². The van der Waals surface area contributed by atoms with Crippen LogP contribution in [0.15, 0.2) is 0 Å². The van der Waals surface area contributed by atoms with Crippen LogP contribution in [0, 0.1) is 0 Å². The molecule has 0 aromatic heterocycles. The van der Waals surface area contributed by atoms with Gasteiger partial charge in [0.1, 0.15) is 12.2 Å². The summed E-state index contributed by atoms with van der Waals surface area (Å²) < 4.78 is 60.1. The van der Waals surface area contributed by atoms with Crippen LogP contribution in [0.2, 0.25) is 0 Å². The largest absolute Gasteiger partial charge is 1.00 e. The average molecular weight is 1650 g/mol. The molecule has 0 saturated heterocycles. The van der Waals surface area contributed by atoms with E-state index in [0.717, 1.165) is 128 Å². The van der Waals surface area contributed by atoms with Crippen LogP contribution < -0.4 is 80.4 Å². The van der Waals surface area contributed by atoms with Crippen molar-refractivity contribution in [2.45, 2.75) is 502 Å². The fourth-order valence-electron chi connectivity index (χ4n) is 14.4. The van der Waals surface area contributed by atoms with E-state index in [2.05, 4.69) is 62.8 Å². The summed E-state index contributed by atoms with van der Waals surface area (Å²) in [5.41, 5.74) is 0. The Bertz CT molecular complexity index is 2050. The van der Waals surface area contributed by atoms with Gasteiger partial charge in [0.15, 0.2) is 0 Å². The van der Waals surface area contributed by atoms with Gasteiger partial charge in [0, 0.05) is 50.9 Å². The monoisotopic (exact) mass is 1650 g/mol. The molecule has 112 heavy (non-hydrogen) atoms. The number of rotatable bonds is 88. The van der Waals surface area contributed by atoms with E-state index in [1.54, 1.807) is 0 Å². The normalized spacial score (nSPS) is 13.6. The first-order valence-corrected chi connectivity index (χ1v) is 49.7. The molecule has 6 N–H and O–H groups in total. The van der Waals surface area contributed by atoms with Crippen molar-refractivity contribution in [3.8, 4) is 0 Å². The topological polar surface area (TPSA) is 263 Å². The summed E-state index contributed by atoms with van der Waals surface area (Å²) in [7, 11) is -9.44. The number of phosphoric acid groups is 2. The molecule has 0 aliphatic rings. The Balaban J connectivity index is -0.00000990. The van der Waals surface area contributed by atoms with Gasteiger partial charge in [-0.25, -0.2) is 13.9 Å². The number of carbonyl (C=O) groups is 5. The van der Waals surface area contributed by atoms with E-state index in [1.807, 2.05) is 0 Å². The standard InChI is InChI=1S/C89H176N4O15P2.2Na.2H/c1-7-13-19-25-31-35-39-43-49-55-61-67-85(94)92-81(65-59-53-47-29-23-17-11-5)71-73-83(107-87(96)69-63-57-51-45-41-37-33-27-21-15-9-3)79-105-109(99,100)103-77-75-90-89(98)91-76-78-104-110(101,102)106-80-84(108-88(97)70-64-58-52-46-42-38-34-28-22-16-10-4)74-72-82(66-60-54-48-30-24-18-12-6)93-86(95)68-62-56-50-44-40-36-32-26-20-14-8-2;;;;/h81-84H,7-80H2,1-6H3,(H,92,94)(H,93,95)(H,99,100)(H,101,102)(H2,90,91,98);;;;/q;2*+1;2*-1/t81?,82?,83-,84-;;;;/m0..../s1. The number of unbranched alkanes of at least 4 members (excludes halogenated alkanes) is 52. The Hall–Kier alpha value is -0.630. The predicted molar refractivity (Wildman–Crippen MR) is 459 cm³/mol. The Morgan fingerprint density at radius 2 is 0.500 bits per heavy atom. The summed E-state index contributed by atoms with van der Waals surface area (Å²) >= 11 is 0. The van der Waals surface area contributed by atoms with Crippen molar-refractivity contribution < 1.29 is 132 Å². The SMILES string of the molecule is CCCCCCCCCCCCCC(=O)NC(CCCCCCCCC)CC[C@@H](COP(=O)(O)OCCNC(=O)NCCOP(=O)(O)OC[C@H](CCC(CCCCCCCCC)NC(=O)CCCCCCCCCCCCC)OC(=O)CCCCCCCCCCCCC)OC(=O)CCCCCCCCCCCCC.[H-].[H-].[Na+].[Na+]. The van der Waals surface area contributed by atoms with Crippen LogP contribution >= 0.6 is 15.6 Å². The number of urea groups is 1. The van der Waals surface area contributed by atoms with Crippen molar-refractivity contribution in [2.24, 2.45) is 0 Å². The minimum atomic E-state index is -4.72. The van der Waals surface area contributed by atoms with E-state index in [0.29, 0.717) is 51.4 Å². The molecule has 0 aliphatic carbocycles. The molecule has 6 atom stereocenters. The predicted octanol–water partition coefficient (Wildman–Crippen LogP) is 20.2. The molecule has 0 aliphatic heterocycles. The molecular formula is C89H178N4Na2O15P2. The molecule has 656 valence electrons. The summed E-state index contributed by atoms with van der Waals surface area (Å²) in [4.78, 5) is 88.3. The Kier molecular flexibility index (Phi) is 90.9. The summed E-state index contributed by atoms with van der Waals surface area (Å²) in [6, 6.07) is -1.04. The van der Waals surface area contributed by atoms with Crippen molar-refractivity contribution in [2.75, 3.05) is 39.5 Å². The van der Waals surface area contributed by atoms with Gasteiger partial charge in [-0.1, -0.05) is 388 Å². The number of hydrogen-bond acceptors (Lipinski definition) is 13. The molecule has 4 amide bonds. The Morgan fingerprint density at radius 3 is 0.741 bits per heavy atom. The number of esters is 2. The van der Waals surface area contributed by atoms with E-state index < -0.39 is 72.3 Å². The summed E-state index contributed by atoms with van der Waals surface area (Å²) in [6.45, 7) is 11.3. The zero-order valence-corrected chi connectivity index (χ0v) is 80.0. The second-order valence-corrected chi connectivity index (χ2v) is 35.2. The number of phosphoric ester groups is 2. The number of amides is 4. The Morgan fingerprint density at radius 1 is 0.286 bits per heavy atom. The minimum Gasteiger partial charge on any atom is -1.00 e. The van der Waals surface area contributed by atoms with Crippen molar-refractivity contribution in [1.82, 2.24) is 21.3 Å². The van der Waals surface area contributed by atoms with Gasteiger partial charge in [0.2, 0.25) is 11.8 Å². The minimum absolute atomic E-state index is 0. The molecule has 4 unspecified atom stereocenters.